The van der Waals surface area contributed by atoms with Crippen molar-refractivity contribution in [2.75, 3.05) is 28.0 Å². The van der Waals surface area contributed by atoms with Crippen molar-refractivity contribution in [3.05, 3.63) is 127 Å². The highest BCUT2D eigenvalue weighted by Crippen LogP contribution is 2.31. The lowest BCUT2D eigenvalue weighted by Crippen LogP contribution is -2.32. The second-order valence-corrected chi connectivity index (χ2v) is 17.3. The monoisotopic (exact) mass is 830 g/mol. The summed E-state index contributed by atoms with van der Waals surface area (Å²) in [5.41, 5.74) is 1.74. The number of benzene rings is 3. The molecule has 0 radical (unpaired) electrons. The average Bonchev–Trinajstić information content (AvgIpc) is 4.03. The number of hydrogen-bond donors (Lipinski definition) is 1. The second kappa shape index (κ2) is 16.4. The van der Waals surface area contributed by atoms with Crippen LogP contribution in [0.5, 0.6) is 0 Å². The molecule has 0 bridgehead atoms. The molecule has 0 aliphatic heterocycles. The first-order valence-electron chi connectivity index (χ1n) is 16.5. The Bertz CT molecular complexity index is 2670. The molecule has 56 heavy (non-hydrogen) atoms. The van der Waals surface area contributed by atoms with Gasteiger partial charge in [-0.3, -0.25) is 9.59 Å². The molecule has 0 saturated heterocycles. The summed E-state index contributed by atoms with van der Waals surface area (Å²) in [5, 5.41) is 18.9. The molecule has 0 atom stereocenters. The molecule has 0 aliphatic rings. The van der Waals surface area contributed by atoms with Crippen LogP contribution in [0.2, 0.25) is 0 Å². The minimum absolute atomic E-state index is 0.0212. The van der Waals surface area contributed by atoms with Crippen molar-refractivity contribution >= 4 is 66.8 Å². The largest absolute Gasteiger partial charge is 0.461 e. The Hall–Kier alpha value is -5.96. The summed E-state index contributed by atoms with van der Waals surface area (Å²) in [6.07, 6.45) is 3.76. The van der Waals surface area contributed by atoms with Gasteiger partial charge in [-0.05, 0) is 66.2 Å². The van der Waals surface area contributed by atoms with Crippen LogP contribution in [0, 0.1) is 0 Å². The van der Waals surface area contributed by atoms with Crippen LogP contribution in [0.4, 0.5) is 11.4 Å². The van der Waals surface area contributed by atoms with Gasteiger partial charge in [0.2, 0.25) is 43.8 Å². The number of aromatic nitrogens is 6. The van der Waals surface area contributed by atoms with E-state index in [0.717, 1.165) is 37.7 Å². The van der Waals surface area contributed by atoms with Gasteiger partial charge in [-0.2, -0.15) is 7.94 Å². The van der Waals surface area contributed by atoms with Crippen LogP contribution < -0.4 is 10.2 Å². The average molecular weight is 831 g/mol. The summed E-state index contributed by atoms with van der Waals surface area (Å²) in [4.78, 5) is 27.9. The fourth-order valence-electron chi connectivity index (χ4n) is 5.36. The van der Waals surface area contributed by atoms with Crippen LogP contribution in [0.25, 0.3) is 23.2 Å². The van der Waals surface area contributed by atoms with Gasteiger partial charge >= 0.3 is 0 Å². The van der Waals surface area contributed by atoms with Gasteiger partial charge < -0.3 is 19.1 Å². The lowest BCUT2D eigenvalue weighted by atomic mass is 10.2. The van der Waals surface area contributed by atoms with Crippen LogP contribution >= 0.6 is 23.5 Å². The van der Waals surface area contributed by atoms with Gasteiger partial charge in [0, 0.05) is 11.4 Å². The zero-order valence-electron chi connectivity index (χ0n) is 29.2. The number of nitrogens with one attached hydrogen (secondary N) is 1. The van der Waals surface area contributed by atoms with Gasteiger partial charge in [-0.1, -0.05) is 72.1 Å². The Kier molecular flexibility index (Phi) is 11.2. The van der Waals surface area contributed by atoms with Gasteiger partial charge in [0.15, 0.2) is 11.5 Å². The maximum absolute atomic E-state index is 14.2. The number of thioether (sulfide) groups is 2. The molecular formula is C36H30N8O8S4. The van der Waals surface area contributed by atoms with Gasteiger partial charge in [0.25, 0.3) is 10.0 Å². The van der Waals surface area contributed by atoms with Gasteiger partial charge in [0.05, 0.1) is 41.7 Å². The van der Waals surface area contributed by atoms with Crippen LogP contribution in [-0.2, 0) is 36.2 Å². The smallest absolute Gasteiger partial charge is 0.271 e. The first-order valence-corrected chi connectivity index (χ1v) is 21.7. The highest BCUT2D eigenvalue weighted by Gasteiger charge is 2.30. The Labute approximate surface area is 329 Å². The number of anilines is 2. The lowest BCUT2D eigenvalue weighted by Gasteiger charge is -2.23. The van der Waals surface area contributed by atoms with Gasteiger partial charge in [0.1, 0.15) is 0 Å². The van der Waals surface area contributed by atoms with Crippen molar-refractivity contribution < 1.29 is 35.3 Å². The summed E-state index contributed by atoms with van der Waals surface area (Å²) in [6, 6.07) is 29.9. The minimum atomic E-state index is -4.35. The number of nitrogens with zero attached hydrogens (tertiary/aromatic N) is 7. The molecule has 16 nitrogen and oxygen atoms in total. The first kappa shape index (κ1) is 38.3. The molecule has 4 aromatic heterocycles. The molecule has 20 heteroatoms. The van der Waals surface area contributed by atoms with Crippen molar-refractivity contribution in [3.8, 4) is 23.2 Å². The Morgan fingerprint density at radius 2 is 1.23 bits per heavy atom. The van der Waals surface area contributed by atoms with E-state index in [9.17, 15) is 26.4 Å². The molecule has 0 saturated carbocycles. The molecule has 7 aromatic rings. The van der Waals surface area contributed by atoms with Crippen molar-refractivity contribution in [2.24, 2.45) is 0 Å². The molecule has 3 aromatic carbocycles. The zero-order valence-corrected chi connectivity index (χ0v) is 32.5. The van der Waals surface area contributed by atoms with E-state index >= 15 is 0 Å². The van der Waals surface area contributed by atoms with E-state index in [1.54, 1.807) is 91.0 Å². The standard InChI is InChI=1S/C36H30N8O8S4/c1-55(47,48)43-33(29-14-8-20-51-29)38-40-35(43)54-24-32(46)42(27-12-6-3-7-13-27)22-25-16-18-28(19-17-25)56(49,50)44-34(30-15-9-21-52-30)39-41-36(44)53-23-31(45)37-26-10-4-2-5-11-26/h2-21H,22-24H2,1H3,(H,37,45). The number of para-hydroxylation sites is 2. The third-order valence-corrected chi connectivity index (χ3v) is 12.7. The number of carbonyl (C=O) groups is 2. The van der Waals surface area contributed by atoms with E-state index in [1.165, 1.54) is 29.6 Å². The molecule has 0 aliphatic carbocycles. The van der Waals surface area contributed by atoms with Crippen LogP contribution in [0.15, 0.2) is 146 Å². The zero-order chi connectivity index (χ0) is 39.3. The number of rotatable bonds is 15. The van der Waals surface area contributed by atoms with E-state index in [-0.39, 0.29) is 68.2 Å². The summed E-state index contributed by atoms with van der Waals surface area (Å²) < 4.78 is 66.6. The summed E-state index contributed by atoms with van der Waals surface area (Å²) in [7, 11) is -8.23. The molecule has 0 unspecified atom stereocenters. The number of amides is 2. The Morgan fingerprint density at radius 1 is 0.679 bits per heavy atom. The van der Waals surface area contributed by atoms with Crippen molar-refractivity contribution in [3.63, 3.8) is 0 Å². The van der Waals surface area contributed by atoms with Crippen LogP contribution in [-0.4, -0.2) is 74.8 Å². The van der Waals surface area contributed by atoms with E-state index in [2.05, 4.69) is 25.7 Å². The topological polar surface area (TPSA) is 205 Å². The van der Waals surface area contributed by atoms with Crippen molar-refractivity contribution in [1.29, 1.82) is 0 Å². The summed E-state index contributed by atoms with van der Waals surface area (Å²) in [5.74, 6) is -0.870. The summed E-state index contributed by atoms with van der Waals surface area (Å²) >= 11 is 1.79. The van der Waals surface area contributed by atoms with Crippen LogP contribution in [0.1, 0.15) is 5.56 Å². The molecule has 7 rings (SSSR count). The highest BCUT2D eigenvalue weighted by atomic mass is 32.2. The fraction of sp³-hybridized carbons (Fsp3) is 0.111. The third kappa shape index (κ3) is 8.47. The van der Waals surface area contributed by atoms with Crippen LogP contribution in [0.3, 0.4) is 0 Å². The second-order valence-electron chi connectivity index (χ2n) is 11.8. The highest BCUT2D eigenvalue weighted by molar-refractivity contribution is 8.00. The number of carbonyl (C=O) groups excluding carboxylic acids is 2. The van der Waals surface area contributed by atoms with Crippen molar-refractivity contribution in [2.45, 2.75) is 21.8 Å². The molecule has 2 amide bonds. The Balaban J connectivity index is 1.11. The molecular weight excluding hydrogens is 801 g/mol. The quantitative estimate of drug-likeness (QED) is 0.127. The summed E-state index contributed by atoms with van der Waals surface area (Å²) in [6.45, 7) is 0.0437. The predicted octanol–water partition coefficient (Wildman–Crippen LogP) is 5.49. The van der Waals surface area contributed by atoms with Gasteiger partial charge in [-0.25, -0.2) is 16.8 Å². The third-order valence-electron chi connectivity index (χ3n) is 7.89. The van der Waals surface area contributed by atoms with E-state index in [4.69, 9.17) is 8.83 Å². The van der Waals surface area contributed by atoms with E-state index in [1.807, 2.05) is 6.07 Å². The van der Waals surface area contributed by atoms with Gasteiger partial charge in [-0.15, -0.1) is 20.4 Å². The maximum atomic E-state index is 14.2. The number of furan rings is 2. The van der Waals surface area contributed by atoms with E-state index in [0.29, 0.717) is 16.9 Å². The fourth-order valence-corrected chi connectivity index (χ4v) is 9.77. The predicted molar refractivity (Wildman–Crippen MR) is 209 cm³/mol. The maximum Gasteiger partial charge on any atom is 0.271 e. The SMILES string of the molecule is CS(=O)(=O)n1c(SCC(=O)N(Cc2ccc(S(=O)(=O)n3c(SCC(=O)Nc4ccccc4)nnc3-c3ccco3)cc2)c2ccccc2)nnc1-c1ccco1. The lowest BCUT2D eigenvalue weighted by molar-refractivity contribution is -0.116. The number of hydrogen-bond acceptors (Lipinski definition) is 14. The molecule has 0 spiro atoms. The minimum Gasteiger partial charge on any atom is -0.461 e. The normalized spacial score (nSPS) is 11.7. The Morgan fingerprint density at radius 3 is 1.80 bits per heavy atom. The molecule has 1 N–H and O–H groups in total. The molecule has 0 fully saturated rings. The first-order chi connectivity index (χ1) is 27.0. The van der Waals surface area contributed by atoms with E-state index < -0.39 is 20.0 Å². The molecule has 286 valence electrons. The molecule has 4 heterocycles. The van der Waals surface area contributed by atoms with Crippen molar-refractivity contribution in [1.82, 2.24) is 28.3 Å².